The van der Waals surface area contributed by atoms with Crippen molar-refractivity contribution < 1.29 is 28.8 Å². The third-order valence-corrected chi connectivity index (χ3v) is 1.54. The van der Waals surface area contributed by atoms with Crippen LogP contribution in [0.2, 0.25) is 0 Å². The standard InChI is InChI=1S/C11H18N2O6.2C2H6/c1-7(14)13(8(2)15)19-9(16)6-12-10(17)18-11(3,4)5;2*1-2/h6H2,1-5H3,(H,12,17);2*1-2H3. The zero-order chi connectivity index (χ0) is 19.2. The summed E-state index contributed by atoms with van der Waals surface area (Å²) in [6, 6.07) is 0. The lowest BCUT2D eigenvalue weighted by Crippen LogP contribution is -2.41. The average Bonchev–Trinajstić information content (AvgIpc) is 2.44. The van der Waals surface area contributed by atoms with Crippen LogP contribution in [0.1, 0.15) is 62.3 Å². The first-order chi connectivity index (χ1) is 10.5. The van der Waals surface area contributed by atoms with E-state index in [-0.39, 0.29) is 0 Å². The number of nitrogens with one attached hydrogen (secondary N) is 1. The van der Waals surface area contributed by atoms with E-state index in [2.05, 4.69) is 10.2 Å². The topological polar surface area (TPSA) is 102 Å². The van der Waals surface area contributed by atoms with Gasteiger partial charge in [0.2, 0.25) is 0 Å². The molecule has 0 aliphatic rings. The zero-order valence-corrected chi connectivity index (χ0v) is 15.6. The summed E-state index contributed by atoms with van der Waals surface area (Å²) in [5.41, 5.74) is -0.696. The predicted octanol–water partition coefficient (Wildman–Crippen LogP) is 2.42. The molecule has 0 aromatic rings. The number of hydrogen-bond acceptors (Lipinski definition) is 6. The summed E-state index contributed by atoms with van der Waals surface area (Å²) in [6.07, 6.45) is -0.804. The van der Waals surface area contributed by atoms with E-state index >= 15 is 0 Å². The van der Waals surface area contributed by atoms with Gasteiger partial charge in [-0.05, 0) is 20.8 Å². The molecule has 3 amide bonds. The molecular weight excluding hydrogens is 304 g/mol. The van der Waals surface area contributed by atoms with E-state index in [1.54, 1.807) is 20.8 Å². The van der Waals surface area contributed by atoms with Crippen molar-refractivity contribution in [2.75, 3.05) is 6.54 Å². The van der Waals surface area contributed by atoms with Crippen molar-refractivity contribution in [3.8, 4) is 0 Å². The molecule has 0 saturated heterocycles. The van der Waals surface area contributed by atoms with Crippen LogP contribution in [0, 0.1) is 0 Å². The van der Waals surface area contributed by atoms with Gasteiger partial charge in [-0.25, -0.2) is 9.59 Å². The molecule has 0 aliphatic heterocycles. The number of carbonyl (C=O) groups is 4. The molecule has 23 heavy (non-hydrogen) atoms. The summed E-state index contributed by atoms with van der Waals surface area (Å²) >= 11 is 0. The Morgan fingerprint density at radius 3 is 1.61 bits per heavy atom. The number of hydroxylamine groups is 2. The quantitative estimate of drug-likeness (QED) is 0.778. The van der Waals surface area contributed by atoms with Crippen LogP contribution in [0.15, 0.2) is 0 Å². The molecule has 0 unspecified atom stereocenters. The van der Waals surface area contributed by atoms with Gasteiger partial charge in [0.1, 0.15) is 12.1 Å². The van der Waals surface area contributed by atoms with Gasteiger partial charge >= 0.3 is 12.1 Å². The lowest BCUT2D eigenvalue weighted by atomic mass is 10.2. The summed E-state index contributed by atoms with van der Waals surface area (Å²) < 4.78 is 4.88. The van der Waals surface area contributed by atoms with Crippen molar-refractivity contribution in [3.63, 3.8) is 0 Å². The normalized spacial score (nSPS) is 9.09. The molecule has 8 nitrogen and oxygen atoms in total. The molecule has 0 fully saturated rings. The molecule has 0 aliphatic carbocycles. The summed E-state index contributed by atoms with van der Waals surface area (Å²) in [5.74, 6) is -2.44. The Hall–Kier alpha value is -2.12. The molecule has 0 spiro atoms. The number of alkyl carbamates (subject to hydrolysis) is 1. The van der Waals surface area contributed by atoms with Gasteiger partial charge in [-0.2, -0.15) is 0 Å². The van der Waals surface area contributed by atoms with Crippen LogP contribution in [0.4, 0.5) is 4.79 Å². The number of amides is 3. The van der Waals surface area contributed by atoms with Crippen LogP contribution >= 0.6 is 0 Å². The molecule has 0 aromatic heterocycles. The molecular formula is C15H30N2O6. The second-order valence-corrected chi connectivity index (χ2v) is 4.65. The first kappa shape index (κ1) is 25.8. The minimum atomic E-state index is -0.962. The van der Waals surface area contributed by atoms with E-state index in [9.17, 15) is 19.2 Å². The summed E-state index contributed by atoms with van der Waals surface area (Å²) in [6.45, 7) is 14.6. The number of hydrogen-bond donors (Lipinski definition) is 1. The van der Waals surface area contributed by atoms with Gasteiger partial charge in [-0.15, -0.1) is 5.06 Å². The molecule has 1 N–H and O–H groups in total. The smallest absolute Gasteiger partial charge is 0.408 e. The lowest BCUT2D eigenvalue weighted by Gasteiger charge is -2.20. The van der Waals surface area contributed by atoms with Gasteiger partial charge in [-0.3, -0.25) is 9.59 Å². The van der Waals surface area contributed by atoms with Gasteiger partial charge in [0.25, 0.3) is 11.8 Å². The van der Waals surface area contributed by atoms with Gasteiger partial charge in [0.05, 0.1) is 0 Å². The molecule has 0 saturated carbocycles. The average molecular weight is 334 g/mol. The summed E-state index contributed by atoms with van der Waals surface area (Å²) in [7, 11) is 0. The number of nitrogens with zero attached hydrogens (tertiary/aromatic N) is 1. The second kappa shape index (κ2) is 13.5. The van der Waals surface area contributed by atoms with Gasteiger partial charge < -0.3 is 14.9 Å². The third-order valence-electron chi connectivity index (χ3n) is 1.54. The fraction of sp³-hybridized carbons (Fsp3) is 0.733. The molecule has 0 aromatic carbocycles. The molecule has 0 atom stereocenters. The van der Waals surface area contributed by atoms with Crippen LogP contribution in [-0.4, -0.2) is 41.1 Å². The highest BCUT2D eigenvalue weighted by molar-refractivity contribution is 5.93. The fourth-order valence-corrected chi connectivity index (χ4v) is 0.943. The van der Waals surface area contributed by atoms with Crippen molar-refractivity contribution in [2.45, 2.75) is 67.9 Å². The first-order valence-corrected chi connectivity index (χ1v) is 7.52. The molecule has 0 heterocycles. The zero-order valence-electron chi connectivity index (χ0n) is 15.6. The number of carbonyl (C=O) groups excluding carboxylic acids is 4. The highest BCUT2D eigenvalue weighted by Gasteiger charge is 2.21. The second-order valence-electron chi connectivity index (χ2n) is 4.65. The van der Waals surface area contributed by atoms with Crippen molar-refractivity contribution in [3.05, 3.63) is 0 Å². The van der Waals surface area contributed by atoms with Gasteiger partial charge in [0, 0.05) is 13.8 Å². The first-order valence-electron chi connectivity index (χ1n) is 7.52. The molecule has 136 valence electrons. The highest BCUT2D eigenvalue weighted by Crippen LogP contribution is 2.06. The van der Waals surface area contributed by atoms with E-state index in [0.29, 0.717) is 5.06 Å². The largest absolute Gasteiger partial charge is 0.444 e. The fourth-order valence-electron chi connectivity index (χ4n) is 0.943. The Morgan fingerprint density at radius 1 is 0.913 bits per heavy atom. The molecule has 0 rings (SSSR count). The van der Waals surface area contributed by atoms with Gasteiger partial charge in [-0.1, -0.05) is 27.7 Å². The monoisotopic (exact) mass is 334 g/mol. The van der Waals surface area contributed by atoms with Crippen molar-refractivity contribution in [2.24, 2.45) is 0 Å². The number of ether oxygens (including phenoxy) is 1. The van der Waals surface area contributed by atoms with Crippen LogP contribution in [0.5, 0.6) is 0 Å². The van der Waals surface area contributed by atoms with E-state index in [0.717, 1.165) is 13.8 Å². The van der Waals surface area contributed by atoms with E-state index in [1.165, 1.54) is 0 Å². The van der Waals surface area contributed by atoms with Crippen molar-refractivity contribution in [1.82, 2.24) is 10.4 Å². The highest BCUT2D eigenvalue weighted by atomic mass is 16.7. The Morgan fingerprint density at radius 2 is 1.30 bits per heavy atom. The van der Waals surface area contributed by atoms with Gasteiger partial charge in [0.15, 0.2) is 0 Å². The van der Waals surface area contributed by atoms with E-state index in [4.69, 9.17) is 4.74 Å². The van der Waals surface area contributed by atoms with Crippen LogP contribution < -0.4 is 5.32 Å². The van der Waals surface area contributed by atoms with Crippen LogP contribution in [0.25, 0.3) is 0 Å². The molecule has 0 radical (unpaired) electrons. The van der Waals surface area contributed by atoms with Crippen molar-refractivity contribution in [1.29, 1.82) is 0 Å². The minimum Gasteiger partial charge on any atom is -0.444 e. The predicted molar refractivity (Wildman–Crippen MR) is 86.2 cm³/mol. The summed E-state index contributed by atoms with van der Waals surface area (Å²) in [5, 5.41) is 2.44. The van der Waals surface area contributed by atoms with Crippen LogP contribution in [-0.2, 0) is 24.0 Å². The minimum absolute atomic E-state index is 0.305. The summed E-state index contributed by atoms with van der Waals surface area (Å²) in [4.78, 5) is 48.9. The van der Waals surface area contributed by atoms with Crippen LogP contribution in [0.3, 0.4) is 0 Å². The van der Waals surface area contributed by atoms with E-state index in [1.807, 2.05) is 27.7 Å². The SMILES string of the molecule is CC.CC.CC(=O)N(OC(=O)CNC(=O)OC(C)(C)C)C(C)=O. The number of imide groups is 1. The Labute approximate surface area is 138 Å². The Balaban J connectivity index is -0.000000919. The maximum atomic E-state index is 11.3. The third kappa shape index (κ3) is 16.1. The Kier molecular flexibility index (Phi) is 15.2. The lowest BCUT2D eigenvalue weighted by molar-refractivity contribution is -0.199. The number of rotatable bonds is 2. The molecule has 8 heteroatoms. The Bertz CT molecular complexity index is 374. The maximum Gasteiger partial charge on any atom is 0.408 e. The molecule has 0 bridgehead atoms. The maximum absolute atomic E-state index is 11.3. The van der Waals surface area contributed by atoms with Crippen molar-refractivity contribution >= 4 is 23.9 Å². The van der Waals surface area contributed by atoms with E-state index < -0.39 is 36.0 Å².